The van der Waals surface area contributed by atoms with Crippen LogP contribution in [0, 0.1) is 6.92 Å². The van der Waals surface area contributed by atoms with E-state index in [0.29, 0.717) is 11.4 Å². The first-order valence-corrected chi connectivity index (χ1v) is 7.63. The Morgan fingerprint density at radius 3 is 2.83 bits per heavy atom. The zero-order valence-electron chi connectivity index (χ0n) is 9.84. The minimum atomic E-state index is -3.49. The Morgan fingerprint density at radius 1 is 1.50 bits per heavy atom. The van der Waals surface area contributed by atoms with Crippen LogP contribution in [0.1, 0.15) is 15.3 Å². The molecule has 0 radical (unpaired) electrons. The first-order chi connectivity index (χ1) is 8.53. The van der Waals surface area contributed by atoms with Gasteiger partial charge in [0.05, 0.1) is 17.4 Å². The van der Waals surface area contributed by atoms with Crippen molar-refractivity contribution in [2.24, 2.45) is 5.73 Å². The van der Waals surface area contributed by atoms with Crippen LogP contribution in [0.2, 0.25) is 0 Å². The van der Waals surface area contributed by atoms with E-state index in [1.54, 1.807) is 19.1 Å². The van der Waals surface area contributed by atoms with Crippen molar-refractivity contribution in [3.8, 4) is 0 Å². The van der Waals surface area contributed by atoms with E-state index < -0.39 is 10.0 Å². The highest BCUT2D eigenvalue weighted by Gasteiger charge is 2.19. The molecule has 0 unspecified atom stereocenters. The summed E-state index contributed by atoms with van der Waals surface area (Å²) in [6, 6.07) is 3.34. The van der Waals surface area contributed by atoms with Gasteiger partial charge in [0.25, 0.3) is 0 Å². The first kappa shape index (κ1) is 13.3. The van der Waals surface area contributed by atoms with E-state index in [1.807, 2.05) is 0 Å². The summed E-state index contributed by atoms with van der Waals surface area (Å²) >= 11 is 1.40. The average molecular weight is 286 g/mol. The van der Waals surface area contributed by atoms with E-state index in [9.17, 15) is 8.42 Å². The van der Waals surface area contributed by atoms with Gasteiger partial charge in [-0.15, -0.1) is 11.3 Å². The van der Waals surface area contributed by atoms with Gasteiger partial charge in [-0.25, -0.2) is 13.1 Å². The number of rotatable bonds is 5. The Hall–Kier alpha value is -1.15. The van der Waals surface area contributed by atoms with E-state index in [4.69, 9.17) is 10.2 Å². The summed E-state index contributed by atoms with van der Waals surface area (Å²) in [5.74, 6) is 0. The van der Waals surface area contributed by atoms with Crippen LogP contribution in [0.15, 0.2) is 34.0 Å². The zero-order chi connectivity index (χ0) is 13.2. The standard InChI is InChI=1S/C11H14N2O3S2/c1-8-11(4-10(5-12)17-8)18(14,15)13-6-9-2-3-16-7-9/h2-4,7,13H,5-6,12H2,1H3. The summed E-state index contributed by atoms with van der Waals surface area (Å²) in [5.41, 5.74) is 6.29. The summed E-state index contributed by atoms with van der Waals surface area (Å²) in [6.45, 7) is 2.34. The van der Waals surface area contributed by atoms with Crippen molar-refractivity contribution < 1.29 is 12.8 Å². The molecule has 0 saturated carbocycles. The largest absolute Gasteiger partial charge is 0.472 e. The lowest BCUT2D eigenvalue weighted by atomic mass is 10.4. The molecule has 0 spiro atoms. The molecule has 2 aromatic heterocycles. The number of sulfonamides is 1. The minimum Gasteiger partial charge on any atom is -0.472 e. The van der Waals surface area contributed by atoms with Crippen LogP contribution in [-0.4, -0.2) is 8.42 Å². The van der Waals surface area contributed by atoms with Gasteiger partial charge in [0.1, 0.15) is 0 Å². The maximum absolute atomic E-state index is 12.1. The fourth-order valence-corrected chi connectivity index (χ4v) is 4.07. The lowest BCUT2D eigenvalue weighted by Crippen LogP contribution is -2.23. The Morgan fingerprint density at radius 2 is 2.28 bits per heavy atom. The second-order valence-corrected chi connectivity index (χ2v) is 6.87. The van der Waals surface area contributed by atoms with Gasteiger partial charge >= 0.3 is 0 Å². The summed E-state index contributed by atoms with van der Waals surface area (Å²) in [7, 11) is -3.49. The molecule has 5 nitrogen and oxygen atoms in total. The van der Waals surface area contributed by atoms with Crippen LogP contribution in [0.25, 0.3) is 0 Å². The summed E-state index contributed by atoms with van der Waals surface area (Å²) < 4.78 is 31.6. The number of thiophene rings is 1. The van der Waals surface area contributed by atoms with Crippen LogP contribution in [0.3, 0.4) is 0 Å². The van der Waals surface area contributed by atoms with Crippen LogP contribution in [-0.2, 0) is 23.1 Å². The number of nitrogens with one attached hydrogen (secondary N) is 1. The van der Waals surface area contributed by atoms with Crippen LogP contribution < -0.4 is 10.5 Å². The predicted molar refractivity (Wildman–Crippen MR) is 69.7 cm³/mol. The maximum Gasteiger partial charge on any atom is 0.241 e. The summed E-state index contributed by atoms with van der Waals surface area (Å²) in [5, 5.41) is 0. The average Bonchev–Trinajstić information content (AvgIpc) is 2.95. The van der Waals surface area contributed by atoms with Gasteiger partial charge in [-0.2, -0.15) is 0 Å². The monoisotopic (exact) mass is 286 g/mol. The molecule has 3 N–H and O–H groups in total. The third-order valence-corrected chi connectivity index (χ3v) is 5.19. The van der Waals surface area contributed by atoms with Crippen molar-refractivity contribution in [2.45, 2.75) is 24.9 Å². The second kappa shape index (κ2) is 5.23. The SMILES string of the molecule is Cc1sc(CN)cc1S(=O)(=O)NCc1ccoc1. The van der Waals surface area contributed by atoms with E-state index in [-0.39, 0.29) is 6.54 Å². The highest BCUT2D eigenvalue weighted by molar-refractivity contribution is 7.89. The van der Waals surface area contributed by atoms with Crippen molar-refractivity contribution in [3.63, 3.8) is 0 Å². The molecule has 2 rings (SSSR count). The highest BCUT2D eigenvalue weighted by atomic mass is 32.2. The number of hydrogen-bond acceptors (Lipinski definition) is 5. The third kappa shape index (κ3) is 2.81. The molecular weight excluding hydrogens is 272 g/mol. The van der Waals surface area contributed by atoms with Crippen LogP contribution >= 0.6 is 11.3 Å². The molecular formula is C11H14N2O3S2. The fourth-order valence-electron chi connectivity index (χ4n) is 1.54. The lowest BCUT2D eigenvalue weighted by Gasteiger charge is -2.04. The van der Waals surface area contributed by atoms with Gasteiger partial charge < -0.3 is 10.2 Å². The van der Waals surface area contributed by atoms with Gasteiger partial charge in [0.15, 0.2) is 0 Å². The molecule has 0 aliphatic rings. The molecule has 98 valence electrons. The molecule has 0 aliphatic heterocycles. The zero-order valence-corrected chi connectivity index (χ0v) is 11.5. The minimum absolute atomic E-state index is 0.214. The molecule has 0 atom stereocenters. The normalized spacial score (nSPS) is 11.9. The Kier molecular flexibility index (Phi) is 3.86. The first-order valence-electron chi connectivity index (χ1n) is 5.33. The lowest BCUT2D eigenvalue weighted by molar-refractivity contribution is 0.561. The van der Waals surface area contributed by atoms with E-state index in [0.717, 1.165) is 15.3 Å². The molecule has 0 saturated heterocycles. The van der Waals surface area contributed by atoms with Crippen molar-refractivity contribution in [3.05, 3.63) is 40.0 Å². The van der Waals surface area contributed by atoms with Crippen LogP contribution in [0.4, 0.5) is 0 Å². The highest BCUT2D eigenvalue weighted by Crippen LogP contribution is 2.25. The molecule has 18 heavy (non-hydrogen) atoms. The molecule has 0 aromatic carbocycles. The predicted octanol–water partition coefficient (Wildman–Crippen LogP) is 1.59. The summed E-state index contributed by atoms with van der Waals surface area (Å²) in [6.07, 6.45) is 3.01. The van der Waals surface area contributed by atoms with Crippen molar-refractivity contribution in [2.75, 3.05) is 0 Å². The van der Waals surface area contributed by atoms with Gasteiger partial charge in [0, 0.05) is 28.4 Å². The van der Waals surface area contributed by atoms with Gasteiger partial charge in [0.2, 0.25) is 10.0 Å². The van der Waals surface area contributed by atoms with E-state index in [2.05, 4.69) is 4.72 Å². The molecule has 0 amide bonds. The number of aryl methyl sites for hydroxylation is 1. The van der Waals surface area contributed by atoms with Gasteiger partial charge in [-0.05, 0) is 19.1 Å². The quantitative estimate of drug-likeness (QED) is 0.874. The van der Waals surface area contributed by atoms with Gasteiger partial charge in [-0.1, -0.05) is 0 Å². The Balaban J connectivity index is 2.17. The fraction of sp³-hybridized carbons (Fsp3) is 0.273. The van der Waals surface area contributed by atoms with Crippen molar-refractivity contribution in [1.29, 1.82) is 0 Å². The molecule has 7 heteroatoms. The number of hydrogen-bond donors (Lipinski definition) is 2. The Labute approximate surface area is 110 Å². The maximum atomic E-state index is 12.1. The second-order valence-electron chi connectivity index (χ2n) is 3.79. The van der Waals surface area contributed by atoms with E-state index >= 15 is 0 Å². The topological polar surface area (TPSA) is 85.3 Å². The summed E-state index contributed by atoms with van der Waals surface area (Å²) in [4.78, 5) is 1.91. The molecule has 2 heterocycles. The van der Waals surface area contributed by atoms with Crippen molar-refractivity contribution in [1.82, 2.24) is 4.72 Å². The van der Waals surface area contributed by atoms with Gasteiger partial charge in [-0.3, -0.25) is 0 Å². The molecule has 0 aliphatic carbocycles. The third-order valence-electron chi connectivity index (χ3n) is 2.46. The van der Waals surface area contributed by atoms with Crippen LogP contribution in [0.5, 0.6) is 0 Å². The van der Waals surface area contributed by atoms with Crippen molar-refractivity contribution >= 4 is 21.4 Å². The smallest absolute Gasteiger partial charge is 0.241 e. The van der Waals surface area contributed by atoms with E-state index in [1.165, 1.54) is 23.9 Å². The number of nitrogens with two attached hydrogens (primary N) is 1. The Bertz CT molecular complexity index is 615. The molecule has 0 bridgehead atoms. The molecule has 0 fully saturated rings. The number of furan rings is 1. The molecule has 2 aromatic rings.